The Morgan fingerprint density at radius 3 is 2.33 bits per heavy atom. The fraction of sp³-hybridized carbons (Fsp3) is 0.312. The van der Waals surface area contributed by atoms with Gasteiger partial charge in [0.2, 0.25) is 11.8 Å². The van der Waals surface area contributed by atoms with E-state index in [1.807, 2.05) is 22.9 Å². The van der Waals surface area contributed by atoms with Crippen molar-refractivity contribution in [1.29, 1.82) is 0 Å². The van der Waals surface area contributed by atoms with Gasteiger partial charge < -0.3 is 16.2 Å². The molecule has 2 aromatic carbocycles. The Bertz CT molecular complexity index is 1420. The van der Waals surface area contributed by atoms with Gasteiger partial charge in [0.25, 0.3) is 0 Å². The molecule has 40 heavy (non-hydrogen) atoms. The molecule has 4 N–H and O–H groups in total. The van der Waals surface area contributed by atoms with Gasteiger partial charge in [-0.2, -0.15) is 5.10 Å². The summed E-state index contributed by atoms with van der Waals surface area (Å²) in [6.45, 7) is 6.57. The number of aromatic nitrogens is 3. The van der Waals surface area contributed by atoms with Crippen LogP contribution in [0.5, 0.6) is 5.75 Å². The number of hydrogen-bond acceptors (Lipinski definition) is 5. The second-order valence-corrected chi connectivity index (χ2v) is 11.0. The predicted octanol–water partition coefficient (Wildman–Crippen LogP) is 4.86. The number of phenols is 1. The minimum atomic E-state index is -0.810. The van der Waals surface area contributed by atoms with Crippen LogP contribution in [0.25, 0.3) is 17.1 Å². The number of aromatic hydroxyl groups is 1. The number of aryl methyl sites for hydroxylation is 1. The fourth-order valence-corrected chi connectivity index (χ4v) is 4.51. The summed E-state index contributed by atoms with van der Waals surface area (Å²) in [4.78, 5) is 29.0. The van der Waals surface area contributed by atoms with E-state index in [1.165, 1.54) is 17.7 Å². The summed E-state index contributed by atoms with van der Waals surface area (Å²) in [5, 5.41) is 17.1. The molecule has 0 spiro atoms. The largest absolute Gasteiger partial charge is 0.508 e. The summed E-state index contributed by atoms with van der Waals surface area (Å²) in [5.74, 6) is -0.674. The van der Waals surface area contributed by atoms with Crippen LogP contribution < -0.4 is 11.1 Å². The van der Waals surface area contributed by atoms with Crippen molar-refractivity contribution in [1.82, 2.24) is 20.1 Å². The van der Waals surface area contributed by atoms with Crippen molar-refractivity contribution in [2.75, 3.05) is 0 Å². The number of unbranched alkanes of at least 4 members (excludes halogenated alkanes) is 1. The molecule has 8 nitrogen and oxygen atoms in total. The molecule has 0 radical (unpaired) electrons. The number of hydrogen-bond donors (Lipinski definition) is 3. The number of carbonyl (C=O) groups is 2. The molecule has 0 saturated heterocycles. The molecular weight excluding hydrogens is 502 g/mol. The molecule has 0 unspecified atom stereocenters. The Morgan fingerprint density at radius 2 is 1.70 bits per heavy atom. The molecule has 0 fully saturated rings. The average molecular weight is 540 g/mol. The van der Waals surface area contributed by atoms with Crippen LogP contribution in [0.4, 0.5) is 0 Å². The average Bonchev–Trinajstić information content (AvgIpc) is 3.36. The zero-order chi connectivity index (χ0) is 28.7. The second kappa shape index (κ2) is 12.6. The third kappa shape index (κ3) is 7.56. The van der Waals surface area contributed by atoms with E-state index in [0.29, 0.717) is 6.42 Å². The van der Waals surface area contributed by atoms with E-state index in [-0.39, 0.29) is 29.9 Å². The first-order chi connectivity index (χ1) is 19.1. The van der Waals surface area contributed by atoms with Crippen molar-refractivity contribution in [2.24, 2.45) is 5.73 Å². The standard InChI is InChI=1S/C32H37N5O3/c1-32(2,3)23-13-15-24(16-14-23)37-25(21-28(36-37)27-9-6-7-19-34-27)8-4-5-10-30(39)35-29(31(33)40)20-22-11-17-26(38)18-12-22/h6-7,9,11-19,21,29,38H,4-5,8,10,20H2,1-3H3,(H2,33,40)(H,35,39)/t29-/m1/s1. The van der Waals surface area contributed by atoms with Crippen LogP contribution in [-0.4, -0.2) is 37.7 Å². The lowest BCUT2D eigenvalue weighted by Crippen LogP contribution is -2.45. The van der Waals surface area contributed by atoms with Crippen LogP contribution in [-0.2, 0) is 27.8 Å². The van der Waals surface area contributed by atoms with Crippen LogP contribution in [0.1, 0.15) is 56.9 Å². The molecule has 4 aromatic rings. The van der Waals surface area contributed by atoms with Gasteiger partial charge >= 0.3 is 0 Å². The fourth-order valence-electron chi connectivity index (χ4n) is 4.51. The van der Waals surface area contributed by atoms with E-state index in [9.17, 15) is 14.7 Å². The zero-order valence-electron chi connectivity index (χ0n) is 23.3. The number of rotatable bonds is 11. The van der Waals surface area contributed by atoms with Crippen molar-refractivity contribution in [3.63, 3.8) is 0 Å². The van der Waals surface area contributed by atoms with Crippen molar-refractivity contribution < 1.29 is 14.7 Å². The summed E-state index contributed by atoms with van der Waals surface area (Å²) >= 11 is 0. The highest BCUT2D eigenvalue weighted by Gasteiger charge is 2.19. The number of nitrogens with one attached hydrogen (secondary N) is 1. The monoisotopic (exact) mass is 539 g/mol. The number of nitrogens with two attached hydrogens (primary N) is 1. The van der Waals surface area contributed by atoms with Gasteiger partial charge in [0, 0.05) is 24.7 Å². The lowest BCUT2D eigenvalue weighted by molar-refractivity contribution is -0.127. The summed E-state index contributed by atoms with van der Waals surface area (Å²) < 4.78 is 1.96. The number of carbonyl (C=O) groups excluding carboxylic acids is 2. The molecule has 2 amide bonds. The van der Waals surface area contributed by atoms with Crippen molar-refractivity contribution >= 4 is 11.8 Å². The van der Waals surface area contributed by atoms with Gasteiger partial charge in [-0.25, -0.2) is 4.68 Å². The van der Waals surface area contributed by atoms with Gasteiger partial charge in [-0.05, 0) is 78.3 Å². The number of primary amides is 1. The van der Waals surface area contributed by atoms with E-state index in [2.05, 4.69) is 61.4 Å². The molecule has 0 aliphatic heterocycles. The Balaban J connectivity index is 1.40. The zero-order valence-corrected chi connectivity index (χ0v) is 23.3. The highest BCUT2D eigenvalue weighted by atomic mass is 16.3. The van der Waals surface area contributed by atoms with E-state index in [1.54, 1.807) is 18.3 Å². The maximum atomic E-state index is 12.6. The minimum Gasteiger partial charge on any atom is -0.508 e. The van der Waals surface area contributed by atoms with Crippen LogP contribution in [0.15, 0.2) is 79.0 Å². The Labute approximate surface area is 235 Å². The number of benzene rings is 2. The van der Waals surface area contributed by atoms with E-state index >= 15 is 0 Å². The lowest BCUT2D eigenvalue weighted by atomic mass is 9.87. The van der Waals surface area contributed by atoms with Crippen LogP contribution in [0.3, 0.4) is 0 Å². The maximum Gasteiger partial charge on any atom is 0.240 e. The van der Waals surface area contributed by atoms with Crippen LogP contribution in [0, 0.1) is 0 Å². The maximum absolute atomic E-state index is 12.6. The van der Waals surface area contributed by atoms with Gasteiger partial charge in [0.1, 0.15) is 17.5 Å². The number of amides is 2. The smallest absolute Gasteiger partial charge is 0.240 e. The van der Waals surface area contributed by atoms with Gasteiger partial charge in [-0.3, -0.25) is 14.6 Å². The molecule has 8 heteroatoms. The Hall–Kier alpha value is -4.46. The first-order valence-electron chi connectivity index (χ1n) is 13.6. The SMILES string of the molecule is CC(C)(C)c1ccc(-n2nc(-c3ccccn3)cc2CCCCC(=O)N[C@H](Cc2ccc(O)cc2)C(N)=O)cc1. The highest BCUT2D eigenvalue weighted by Crippen LogP contribution is 2.26. The van der Waals surface area contributed by atoms with Gasteiger partial charge in [0.05, 0.1) is 11.4 Å². The molecule has 2 aromatic heterocycles. The summed E-state index contributed by atoms with van der Waals surface area (Å²) in [5.41, 5.74) is 11.3. The first kappa shape index (κ1) is 28.5. The Kier molecular flexibility index (Phi) is 8.99. The van der Waals surface area contributed by atoms with Crippen LogP contribution >= 0.6 is 0 Å². The molecule has 208 valence electrons. The quantitative estimate of drug-likeness (QED) is 0.235. The molecule has 2 heterocycles. The highest BCUT2D eigenvalue weighted by molar-refractivity contribution is 5.86. The summed E-state index contributed by atoms with van der Waals surface area (Å²) in [6.07, 6.45) is 4.43. The molecule has 0 aliphatic rings. The van der Waals surface area contributed by atoms with Crippen LogP contribution in [0.2, 0.25) is 0 Å². The first-order valence-corrected chi connectivity index (χ1v) is 13.6. The molecule has 1 atom stereocenters. The van der Waals surface area contributed by atoms with Crippen molar-refractivity contribution in [3.05, 3.63) is 95.8 Å². The molecular formula is C32H37N5O3. The predicted molar refractivity (Wildman–Crippen MR) is 156 cm³/mol. The molecule has 4 rings (SSSR count). The topological polar surface area (TPSA) is 123 Å². The summed E-state index contributed by atoms with van der Waals surface area (Å²) in [6, 6.07) is 22.0. The second-order valence-electron chi connectivity index (χ2n) is 11.0. The summed E-state index contributed by atoms with van der Waals surface area (Å²) in [7, 11) is 0. The molecule has 0 saturated carbocycles. The molecule has 0 aliphatic carbocycles. The molecule has 0 bridgehead atoms. The minimum absolute atomic E-state index is 0.0583. The van der Waals surface area contributed by atoms with E-state index < -0.39 is 11.9 Å². The van der Waals surface area contributed by atoms with Crippen molar-refractivity contribution in [2.45, 2.75) is 64.3 Å². The number of phenolic OH excluding ortho intramolecular Hbond substituents is 1. The normalized spacial score (nSPS) is 12.2. The van der Waals surface area contributed by atoms with E-state index in [4.69, 9.17) is 10.8 Å². The number of pyridine rings is 1. The van der Waals surface area contributed by atoms with Crippen molar-refractivity contribution in [3.8, 4) is 22.8 Å². The third-order valence-corrected chi connectivity index (χ3v) is 6.83. The lowest BCUT2D eigenvalue weighted by Gasteiger charge is -2.19. The van der Waals surface area contributed by atoms with Gasteiger partial charge in [0.15, 0.2) is 0 Å². The Morgan fingerprint density at radius 1 is 0.975 bits per heavy atom. The third-order valence-electron chi connectivity index (χ3n) is 6.83. The van der Waals surface area contributed by atoms with Gasteiger partial charge in [-0.15, -0.1) is 0 Å². The van der Waals surface area contributed by atoms with Gasteiger partial charge in [-0.1, -0.05) is 51.1 Å². The van der Waals surface area contributed by atoms with E-state index in [0.717, 1.165) is 41.2 Å². The number of nitrogens with zero attached hydrogens (tertiary/aromatic N) is 3.